The van der Waals surface area contributed by atoms with Crippen molar-refractivity contribution in [2.75, 3.05) is 6.61 Å². The normalized spacial score (nSPS) is 10.6. The fourth-order valence-electron chi connectivity index (χ4n) is 1.56. The molecule has 0 bridgehead atoms. The lowest BCUT2D eigenvalue weighted by molar-refractivity contribution is -0.138. The quantitative estimate of drug-likeness (QED) is 0.516. The Morgan fingerprint density at radius 2 is 1.90 bits per heavy atom. The first-order valence-electron chi connectivity index (χ1n) is 6.78. The summed E-state index contributed by atoms with van der Waals surface area (Å²) in [7, 11) is 5.67. The molecule has 0 heterocycles. The molecule has 2 N–H and O–H groups in total. The van der Waals surface area contributed by atoms with Crippen molar-refractivity contribution in [3.8, 4) is 0 Å². The average Bonchev–Trinajstić information content (AvgIpc) is 2.41. The van der Waals surface area contributed by atoms with Gasteiger partial charge in [0.1, 0.15) is 0 Å². The standard InChI is InChI=1S/C8H15NO2.C7H7.ClH.Mg/c1-4-7(6(3)9)8(10)11-5-2;1-7-5-3-2-4-6-7;;/h4-5,9H2,1-3H3;2-6H,1H2;1H;/q;;;+1/p-1. The molecule has 5 heteroatoms. The molecule has 0 fully saturated rings. The van der Waals surface area contributed by atoms with Crippen molar-refractivity contribution in [3.05, 3.63) is 47.2 Å². The lowest BCUT2D eigenvalue weighted by atomic mass is 10.2. The number of hydrogen-bond donors (Lipinski definition) is 1. The predicted octanol–water partition coefficient (Wildman–Crippen LogP) is 3.24. The molecule has 0 saturated heterocycles. The van der Waals surface area contributed by atoms with Crippen LogP contribution >= 0.6 is 9.07 Å². The van der Waals surface area contributed by atoms with Crippen LogP contribution in [0, 0.1) is 0 Å². The summed E-state index contributed by atoms with van der Waals surface area (Å²) >= 11 is -0.312. The van der Waals surface area contributed by atoms with Crippen LogP contribution < -0.4 is 5.73 Å². The number of nitrogens with two attached hydrogens (primary N) is 1. The Morgan fingerprint density at radius 3 is 2.30 bits per heavy atom. The molecule has 3 nitrogen and oxygen atoms in total. The van der Waals surface area contributed by atoms with Gasteiger partial charge in [-0.3, -0.25) is 0 Å². The summed E-state index contributed by atoms with van der Waals surface area (Å²) in [5.74, 6) is -0.296. The number of carbonyl (C=O) groups is 1. The maximum absolute atomic E-state index is 11.1. The van der Waals surface area contributed by atoms with Gasteiger partial charge < -0.3 is 19.5 Å². The summed E-state index contributed by atoms with van der Waals surface area (Å²) in [6.45, 7) is 5.75. The monoisotopic (exact) mass is 307 g/mol. The van der Waals surface area contributed by atoms with Gasteiger partial charge in [0.25, 0.3) is 0 Å². The van der Waals surface area contributed by atoms with Crippen LogP contribution in [0.15, 0.2) is 41.6 Å². The van der Waals surface area contributed by atoms with Gasteiger partial charge in [-0.1, -0.05) is 47.4 Å². The van der Waals surface area contributed by atoms with E-state index in [1.807, 2.05) is 13.0 Å². The van der Waals surface area contributed by atoms with Crippen LogP contribution in [-0.2, 0) is 14.1 Å². The molecule has 0 saturated carbocycles. The van der Waals surface area contributed by atoms with Gasteiger partial charge in [-0.2, -0.15) is 0 Å². The molecule has 0 aliphatic rings. The molecule has 1 rings (SSSR count). The zero-order chi connectivity index (χ0) is 15.4. The van der Waals surface area contributed by atoms with Crippen LogP contribution in [0.5, 0.6) is 0 Å². The van der Waals surface area contributed by atoms with Crippen molar-refractivity contribution in [2.45, 2.75) is 31.7 Å². The van der Waals surface area contributed by atoms with E-state index in [9.17, 15) is 4.79 Å². The Hall–Kier alpha value is -0.714. The topological polar surface area (TPSA) is 52.3 Å². The van der Waals surface area contributed by atoms with E-state index in [1.54, 1.807) is 13.8 Å². The highest BCUT2D eigenvalue weighted by Gasteiger charge is 2.09. The van der Waals surface area contributed by atoms with Gasteiger partial charge in [0.15, 0.2) is 0 Å². The Kier molecular flexibility index (Phi) is 11.6. The first-order valence-corrected chi connectivity index (χ1v) is 9.92. The summed E-state index contributed by atoms with van der Waals surface area (Å²) in [6.07, 6.45) is 0.626. The van der Waals surface area contributed by atoms with Crippen molar-refractivity contribution in [1.29, 1.82) is 0 Å². The minimum atomic E-state index is -0.312. The highest BCUT2D eigenvalue weighted by atomic mass is 35.5. The highest BCUT2D eigenvalue weighted by molar-refractivity contribution is 6.93. The Balaban J connectivity index is 0.000000367. The molecule has 1 aromatic carbocycles. The maximum atomic E-state index is 11.1. The lowest BCUT2D eigenvalue weighted by Gasteiger charge is -2.05. The van der Waals surface area contributed by atoms with Crippen molar-refractivity contribution in [1.82, 2.24) is 0 Å². The molecule has 0 amide bonds. The third kappa shape index (κ3) is 8.46. The molecule has 0 atom stereocenters. The van der Waals surface area contributed by atoms with Gasteiger partial charge in [-0.25, -0.2) is 4.79 Å². The second kappa shape index (κ2) is 12.1. The summed E-state index contributed by atoms with van der Waals surface area (Å²) in [5.41, 5.74) is 7.95. The van der Waals surface area contributed by atoms with E-state index in [2.05, 4.69) is 24.3 Å². The fraction of sp³-hybridized carbons (Fsp3) is 0.400. The summed E-state index contributed by atoms with van der Waals surface area (Å²) in [5, 5.41) is 0. The molecule has 1 aromatic rings. The zero-order valence-corrected chi connectivity index (χ0v) is 14.7. The summed E-state index contributed by atoms with van der Waals surface area (Å²) in [6, 6.07) is 10.4. The van der Waals surface area contributed by atoms with Crippen molar-refractivity contribution in [2.24, 2.45) is 5.73 Å². The minimum Gasteiger partial charge on any atom is -0.463 e. The van der Waals surface area contributed by atoms with E-state index >= 15 is 0 Å². The fourth-order valence-corrected chi connectivity index (χ4v) is 2.76. The van der Waals surface area contributed by atoms with E-state index in [1.165, 1.54) is 5.56 Å². The average molecular weight is 308 g/mol. The van der Waals surface area contributed by atoms with Crippen LogP contribution in [0.1, 0.15) is 32.8 Å². The van der Waals surface area contributed by atoms with Crippen molar-refractivity contribution < 1.29 is 9.53 Å². The molecule has 0 radical (unpaired) electrons. The van der Waals surface area contributed by atoms with Crippen LogP contribution in [0.2, 0.25) is 0 Å². The number of benzene rings is 1. The number of allylic oxidation sites excluding steroid dienone is 1. The molecule has 0 unspecified atom stereocenters. The largest absolute Gasteiger partial charge is 0.505 e. The van der Waals surface area contributed by atoms with Gasteiger partial charge in [0.2, 0.25) is 0 Å². The third-order valence-corrected chi connectivity index (χ3v) is 3.91. The molecular weight excluding hydrogens is 286 g/mol. The van der Waals surface area contributed by atoms with Crippen molar-refractivity contribution in [3.63, 3.8) is 0 Å². The first kappa shape index (κ1) is 19.3. The Bertz CT molecular complexity index is 417. The number of hydrogen-bond acceptors (Lipinski definition) is 3. The third-order valence-electron chi connectivity index (χ3n) is 2.58. The number of halogens is 1. The van der Waals surface area contributed by atoms with Gasteiger partial charge in [-0.15, -0.1) is 0 Å². The number of ether oxygens (including phenoxy) is 1. The number of carbonyl (C=O) groups excluding carboxylic acids is 1. The second-order valence-corrected chi connectivity index (χ2v) is 6.17. The van der Waals surface area contributed by atoms with Crippen LogP contribution in [0.3, 0.4) is 0 Å². The van der Waals surface area contributed by atoms with Crippen molar-refractivity contribution >= 4 is 34.3 Å². The predicted molar refractivity (Wildman–Crippen MR) is 85.6 cm³/mol. The van der Waals surface area contributed by atoms with E-state index in [0.29, 0.717) is 24.3 Å². The van der Waals surface area contributed by atoms with Crippen LogP contribution in [-0.4, -0.2) is 31.8 Å². The van der Waals surface area contributed by atoms with Gasteiger partial charge in [0, 0.05) is 5.70 Å². The Labute approximate surface area is 135 Å². The van der Waals surface area contributed by atoms with Gasteiger partial charge >= 0.3 is 25.2 Å². The first-order chi connectivity index (χ1) is 9.56. The lowest BCUT2D eigenvalue weighted by Crippen LogP contribution is -2.11. The molecule has 108 valence electrons. The van der Waals surface area contributed by atoms with E-state index in [-0.39, 0.29) is 25.2 Å². The molecular formula is C15H22ClMgNO2. The maximum Gasteiger partial charge on any atom is 0.505 e. The second-order valence-electron chi connectivity index (χ2n) is 4.16. The van der Waals surface area contributed by atoms with Gasteiger partial charge in [-0.05, 0) is 20.3 Å². The molecule has 0 aromatic heterocycles. The van der Waals surface area contributed by atoms with Crippen LogP contribution in [0.25, 0.3) is 0 Å². The zero-order valence-electron chi connectivity index (χ0n) is 12.5. The molecule has 0 aliphatic carbocycles. The summed E-state index contributed by atoms with van der Waals surface area (Å²) < 4.78 is 5.89. The summed E-state index contributed by atoms with van der Waals surface area (Å²) in [4.78, 5) is 11.1. The highest BCUT2D eigenvalue weighted by Crippen LogP contribution is 2.06. The number of rotatable bonds is 5. The molecule has 20 heavy (non-hydrogen) atoms. The smallest absolute Gasteiger partial charge is 0.463 e. The van der Waals surface area contributed by atoms with E-state index in [4.69, 9.17) is 19.5 Å². The SMILES string of the molecule is CCOC(=O)C(CC)=C(C)N.[Cl][Mg][CH2]c1ccccc1. The van der Waals surface area contributed by atoms with E-state index < -0.39 is 0 Å². The van der Waals surface area contributed by atoms with Crippen LogP contribution in [0.4, 0.5) is 0 Å². The molecule has 0 spiro atoms. The molecule has 0 aliphatic heterocycles. The minimum absolute atomic E-state index is 0.296. The number of esters is 1. The van der Waals surface area contributed by atoms with E-state index in [0.717, 1.165) is 4.55 Å². The van der Waals surface area contributed by atoms with Gasteiger partial charge in [0.05, 0.1) is 12.2 Å². The Morgan fingerprint density at radius 1 is 1.30 bits per heavy atom.